The summed E-state index contributed by atoms with van der Waals surface area (Å²) in [5.74, 6) is -0.699. The minimum absolute atomic E-state index is 0.0679. The standard InChI is InChI=1S/C27H29N3O4/c1-4-6-7-26(32)30(18-27(33)34-5-2)21-12-13-24-22(15-21)23(17-29(24)3)25(31)14-19-8-10-20(16-28)11-9-19/h8-13,15,17H,4-7,14,18H2,1-3H3. The Kier molecular flexibility index (Phi) is 8.20. The van der Waals surface area contributed by atoms with Gasteiger partial charge in [0.2, 0.25) is 5.91 Å². The van der Waals surface area contributed by atoms with Crippen molar-refractivity contribution in [3.63, 3.8) is 0 Å². The van der Waals surface area contributed by atoms with E-state index in [1.54, 1.807) is 49.5 Å². The number of carbonyl (C=O) groups excluding carboxylic acids is 3. The highest BCUT2D eigenvalue weighted by molar-refractivity contribution is 6.10. The van der Waals surface area contributed by atoms with E-state index in [1.807, 2.05) is 24.6 Å². The number of nitrogens with zero attached hydrogens (tertiary/aromatic N) is 3. The van der Waals surface area contributed by atoms with Crippen molar-refractivity contribution in [2.75, 3.05) is 18.1 Å². The average molecular weight is 460 g/mol. The van der Waals surface area contributed by atoms with Crippen LogP contribution in [0.1, 0.15) is 54.6 Å². The molecular weight excluding hydrogens is 430 g/mol. The maximum Gasteiger partial charge on any atom is 0.326 e. The van der Waals surface area contributed by atoms with Gasteiger partial charge in [0.05, 0.1) is 18.2 Å². The first kappa shape index (κ1) is 24.7. The molecule has 1 heterocycles. The second-order valence-corrected chi connectivity index (χ2v) is 8.15. The summed E-state index contributed by atoms with van der Waals surface area (Å²) in [4.78, 5) is 39.7. The molecule has 34 heavy (non-hydrogen) atoms. The number of benzene rings is 2. The van der Waals surface area contributed by atoms with Gasteiger partial charge in [0.15, 0.2) is 5.78 Å². The van der Waals surface area contributed by atoms with E-state index in [-0.39, 0.29) is 31.3 Å². The molecule has 1 aromatic heterocycles. The number of ketones is 1. The fourth-order valence-electron chi connectivity index (χ4n) is 3.87. The number of ether oxygens (including phenoxy) is 1. The Labute approximate surface area is 199 Å². The van der Waals surface area contributed by atoms with Crippen molar-refractivity contribution in [2.45, 2.75) is 39.5 Å². The van der Waals surface area contributed by atoms with Crippen molar-refractivity contribution in [1.82, 2.24) is 4.57 Å². The summed E-state index contributed by atoms with van der Waals surface area (Å²) in [5, 5.41) is 9.69. The van der Waals surface area contributed by atoms with Gasteiger partial charge >= 0.3 is 5.97 Å². The fourth-order valence-corrected chi connectivity index (χ4v) is 3.87. The molecule has 0 saturated carbocycles. The monoisotopic (exact) mass is 459 g/mol. The summed E-state index contributed by atoms with van der Waals surface area (Å²) in [7, 11) is 1.86. The second-order valence-electron chi connectivity index (χ2n) is 8.15. The average Bonchev–Trinajstić information content (AvgIpc) is 3.17. The van der Waals surface area contributed by atoms with Crippen LogP contribution >= 0.6 is 0 Å². The maximum absolute atomic E-state index is 13.2. The SMILES string of the molecule is CCCCC(=O)N(CC(=O)OCC)c1ccc2c(c1)c(C(=O)Cc1ccc(C#N)cc1)cn2C. The largest absolute Gasteiger partial charge is 0.465 e. The Hall–Kier alpha value is -3.92. The number of hydrogen-bond acceptors (Lipinski definition) is 5. The van der Waals surface area contributed by atoms with Crippen molar-refractivity contribution in [2.24, 2.45) is 7.05 Å². The minimum atomic E-state index is -0.474. The third-order valence-electron chi connectivity index (χ3n) is 5.67. The number of nitriles is 1. The number of rotatable bonds is 10. The minimum Gasteiger partial charge on any atom is -0.465 e. The lowest BCUT2D eigenvalue weighted by atomic mass is 10.0. The number of carbonyl (C=O) groups is 3. The molecule has 0 unspecified atom stereocenters. The summed E-state index contributed by atoms with van der Waals surface area (Å²) >= 11 is 0. The predicted molar refractivity (Wildman–Crippen MR) is 131 cm³/mol. The van der Waals surface area contributed by atoms with Crippen LogP contribution in [0, 0.1) is 11.3 Å². The smallest absolute Gasteiger partial charge is 0.326 e. The number of Topliss-reactive ketones (excluding diaryl/α,β-unsaturated/α-hetero) is 1. The van der Waals surface area contributed by atoms with E-state index in [1.165, 1.54) is 4.90 Å². The first-order valence-electron chi connectivity index (χ1n) is 11.4. The molecule has 3 aromatic rings. The van der Waals surface area contributed by atoms with Gasteiger partial charge in [0.1, 0.15) is 6.54 Å². The van der Waals surface area contributed by atoms with E-state index < -0.39 is 5.97 Å². The van der Waals surface area contributed by atoms with Crippen molar-refractivity contribution >= 4 is 34.3 Å². The van der Waals surface area contributed by atoms with Gasteiger partial charge in [-0.15, -0.1) is 0 Å². The van der Waals surface area contributed by atoms with Crippen LogP contribution in [0.2, 0.25) is 0 Å². The molecule has 0 aliphatic heterocycles. The van der Waals surface area contributed by atoms with Crippen molar-refractivity contribution < 1.29 is 19.1 Å². The third kappa shape index (κ3) is 5.70. The molecule has 0 atom stereocenters. The number of hydrogen-bond donors (Lipinski definition) is 0. The highest BCUT2D eigenvalue weighted by Crippen LogP contribution is 2.28. The second kappa shape index (κ2) is 11.3. The zero-order chi connectivity index (χ0) is 24.7. The topological polar surface area (TPSA) is 92.4 Å². The van der Waals surface area contributed by atoms with Crippen LogP contribution < -0.4 is 4.90 Å². The van der Waals surface area contributed by atoms with Crippen LogP contribution in [0.4, 0.5) is 5.69 Å². The summed E-state index contributed by atoms with van der Waals surface area (Å²) in [6, 6.07) is 14.5. The molecule has 1 amide bonds. The van der Waals surface area contributed by atoms with Crippen molar-refractivity contribution in [1.29, 1.82) is 5.26 Å². The van der Waals surface area contributed by atoms with E-state index in [4.69, 9.17) is 10.00 Å². The quantitative estimate of drug-likeness (QED) is 0.327. The zero-order valence-electron chi connectivity index (χ0n) is 19.8. The number of aromatic nitrogens is 1. The third-order valence-corrected chi connectivity index (χ3v) is 5.67. The Morgan fingerprint density at radius 1 is 1.09 bits per heavy atom. The van der Waals surface area contributed by atoms with Gasteiger partial charge in [-0.2, -0.15) is 5.26 Å². The Bertz CT molecular complexity index is 1240. The molecule has 7 heteroatoms. The number of anilines is 1. The molecule has 0 spiro atoms. The van der Waals surface area contributed by atoms with Crippen LogP contribution in [-0.2, 0) is 27.8 Å². The van der Waals surface area contributed by atoms with Crippen LogP contribution in [0.3, 0.4) is 0 Å². The van der Waals surface area contributed by atoms with E-state index in [9.17, 15) is 14.4 Å². The van der Waals surface area contributed by atoms with Crippen LogP contribution in [-0.4, -0.2) is 35.4 Å². The molecule has 3 rings (SSSR count). The van der Waals surface area contributed by atoms with Crippen molar-refractivity contribution in [3.05, 3.63) is 65.4 Å². The predicted octanol–water partition coefficient (Wildman–Crippen LogP) is 4.56. The Morgan fingerprint density at radius 3 is 2.47 bits per heavy atom. The van der Waals surface area contributed by atoms with Gasteiger partial charge in [-0.3, -0.25) is 14.4 Å². The van der Waals surface area contributed by atoms with Gasteiger partial charge in [-0.25, -0.2) is 0 Å². The fraction of sp³-hybridized carbons (Fsp3) is 0.333. The van der Waals surface area contributed by atoms with Crippen molar-refractivity contribution in [3.8, 4) is 6.07 Å². The zero-order valence-corrected chi connectivity index (χ0v) is 19.8. The lowest BCUT2D eigenvalue weighted by molar-refractivity contribution is -0.142. The summed E-state index contributed by atoms with van der Waals surface area (Å²) in [6.45, 7) is 3.79. The van der Waals surface area contributed by atoms with Gasteiger partial charge < -0.3 is 14.2 Å². The van der Waals surface area contributed by atoms with Crippen LogP contribution in [0.25, 0.3) is 10.9 Å². The number of amides is 1. The molecule has 2 aromatic carbocycles. The molecule has 0 aliphatic carbocycles. The lowest BCUT2D eigenvalue weighted by Gasteiger charge is -2.22. The number of aryl methyl sites for hydroxylation is 1. The molecule has 0 radical (unpaired) electrons. The first-order chi connectivity index (χ1) is 16.4. The Morgan fingerprint density at radius 2 is 1.82 bits per heavy atom. The molecular formula is C27H29N3O4. The summed E-state index contributed by atoms with van der Waals surface area (Å²) in [5.41, 5.74) is 3.31. The molecule has 0 fully saturated rings. The molecule has 0 aliphatic rings. The molecule has 0 N–H and O–H groups in total. The number of fused-ring (bicyclic) bond motifs is 1. The van der Waals surface area contributed by atoms with Crippen LogP contribution in [0.15, 0.2) is 48.7 Å². The maximum atomic E-state index is 13.2. The highest BCUT2D eigenvalue weighted by atomic mass is 16.5. The summed E-state index contributed by atoms with van der Waals surface area (Å²) < 4.78 is 6.95. The van der Waals surface area contributed by atoms with Gasteiger partial charge in [-0.1, -0.05) is 25.5 Å². The molecule has 176 valence electrons. The summed E-state index contributed by atoms with van der Waals surface area (Å²) in [6.07, 6.45) is 3.89. The molecule has 7 nitrogen and oxygen atoms in total. The van der Waals surface area contributed by atoms with Gasteiger partial charge in [-0.05, 0) is 49.2 Å². The Balaban J connectivity index is 1.96. The lowest BCUT2D eigenvalue weighted by Crippen LogP contribution is -2.36. The first-order valence-corrected chi connectivity index (χ1v) is 11.4. The molecule has 0 saturated heterocycles. The highest BCUT2D eigenvalue weighted by Gasteiger charge is 2.22. The van der Waals surface area contributed by atoms with E-state index in [0.29, 0.717) is 23.2 Å². The number of esters is 1. The van der Waals surface area contributed by atoms with E-state index >= 15 is 0 Å². The van der Waals surface area contributed by atoms with Crippen LogP contribution in [0.5, 0.6) is 0 Å². The molecule has 0 bridgehead atoms. The van der Waals surface area contributed by atoms with E-state index in [2.05, 4.69) is 6.07 Å². The van der Waals surface area contributed by atoms with E-state index in [0.717, 1.165) is 29.3 Å². The number of unbranched alkanes of at least 4 members (excludes halogenated alkanes) is 1. The van der Waals surface area contributed by atoms with Gasteiger partial charge in [0, 0.05) is 48.2 Å². The van der Waals surface area contributed by atoms with Gasteiger partial charge in [0.25, 0.3) is 0 Å². The normalized spacial score (nSPS) is 10.6.